The Balaban J connectivity index is 1.37. The maximum atomic E-state index is 11.9. The Morgan fingerprint density at radius 1 is 1.18 bits per heavy atom. The molecule has 5 N–H and O–H groups in total. The molecular weight excluding hydrogens is 434 g/mol. The summed E-state index contributed by atoms with van der Waals surface area (Å²) in [6, 6.07) is 17.4. The highest BCUT2D eigenvalue weighted by molar-refractivity contribution is 7.13. The summed E-state index contributed by atoms with van der Waals surface area (Å²) in [5.74, 6) is 0.318. The number of H-pyrrole nitrogens is 1. The monoisotopic (exact) mass is 463 g/mol. The van der Waals surface area contributed by atoms with Crippen molar-refractivity contribution >= 4 is 28.1 Å². The number of aromatic nitrogens is 1. The highest BCUT2D eigenvalue weighted by Crippen LogP contribution is 2.33. The molecule has 2 aromatic heterocycles. The normalized spacial score (nSPS) is 12.7. The van der Waals surface area contributed by atoms with Gasteiger partial charge in [-0.05, 0) is 61.5 Å². The number of hydrogen-bond acceptors (Lipinski definition) is 5. The Kier molecular flexibility index (Phi) is 6.83. The number of β-amino-alcohol motifs (C(OH)–C–C–N with tert-alkyl or cyclic N) is 1. The zero-order valence-corrected chi connectivity index (χ0v) is 19.6. The molecule has 0 aliphatic rings. The molecule has 4 rings (SSSR count). The van der Waals surface area contributed by atoms with E-state index in [0.29, 0.717) is 18.5 Å². The van der Waals surface area contributed by atoms with Gasteiger partial charge < -0.3 is 25.9 Å². The zero-order valence-electron chi connectivity index (χ0n) is 18.8. The molecule has 0 saturated heterocycles. The number of thiophene rings is 1. The number of aliphatic hydroxyl groups is 1. The third kappa shape index (κ3) is 5.45. The molecule has 4 aromatic rings. The predicted molar refractivity (Wildman–Crippen MR) is 134 cm³/mol. The largest absolute Gasteiger partial charge is 0.490 e. The molecule has 1 atom stereocenters. The lowest BCUT2D eigenvalue weighted by Crippen LogP contribution is -2.46. The van der Waals surface area contributed by atoms with Crippen molar-refractivity contribution < 1.29 is 14.6 Å². The number of carbonyl (C=O) groups is 1. The van der Waals surface area contributed by atoms with Crippen LogP contribution in [0.5, 0.6) is 5.75 Å². The molecule has 7 heteroatoms. The molecular formula is C26H29N3O3S. The van der Waals surface area contributed by atoms with Crippen LogP contribution in [0.1, 0.15) is 29.8 Å². The lowest BCUT2D eigenvalue weighted by atomic mass is 9.93. The molecule has 172 valence electrons. The summed E-state index contributed by atoms with van der Waals surface area (Å²) in [6.07, 6.45) is 1.90. The standard InChI is InChI=1S/C26H29N3O3S/c1-26(2,13-17-14-28-21-9-5-8-20(24(17)21)25(27)31)29-15-18(30)16-32-22-10-4-3-7-19(22)23-11-6-12-33-23/h3-12,14,18,28-30H,13,15-16H2,1-2H3,(H2,27,31)/t18-/m0/s1. The van der Waals surface area contributed by atoms with Gasteiger partial charge in [-0.1, -0.05) is 24.3 Å². The van der Waals surface area contributed by atoms with Crippen molar-refractivity contribution in [1.29, 1.82) is 0 Å². The van der Waals surface area contributed by atoms with Gasteiger partial charge in [0.25, 0.3) is 0 Å². The number of fused-ring (bicyclic) bond motifs is 1. The number of aromatic amines is 1. The van der Waals surface area contributed by atoms with Crippen LogP contribution in [0.2, 0.25) is 0 Å². The van der Waals surface area contributed by atoms with Gasteiger partial charge in [-0.15, -0.1) is 11.3 Å². The summed E-state index contributed by atoms with van der Waals surface area (Å²) in [7, 11) is 0. The second-order valence-corrected chi connectivity index (χ2v) is 9.73. The van der Waals surface area contributed by atoms with Gasteiger partial charge in [-0.25, -0.2) is 0 Å². The van der Waals surface area contributed by atoms with Crippen molar-refractivity contribution in [1.82, 2.24) is 10.3 Å². The Hall–Kier alpha value is -3.13. The molecule has 0 aliphatic carbocycles. The quantitative estimate of drug-likeness (QED) is 0.281. The molecule has 0 saturated carbocycles. The molecule has 0 bridgehead atoms. The number of ether oxygens (including phenoxy) is 1. The van der Waals surface area contributed by atoms with Gasteiger partial charge in [0, 0.05) is 45.2 Å². The van der Waals surface area contributed by atoms with E-state index in [2.05, 4.69) is 30.2 Å². The Morgan fingerprint density at radius 3 is 2.76 bits per heavy atom. The number of hydrogen-bond donors (Lipinski definition) is 4. The number of benzene rings is 2. The Morgan fingerprint density at radius 2 is 2.00 bits per heavy atom. The molecule has 0 spiro atoms. The number of amides is 1. The summed E-state index contributed by atoms with van der Waals surface area (Å²) in [5.41, 5.74) is 8.68. The van der Waals surface area contributed by atoms with Crippen molar-refractivity contribution in [2.45, 2.75) is 31.9 Å². The predicted octanol–water partition coefficient (Wildman–Crippen LogP) is 4.35. The first-order valence-electron chi connectivity index (χ1n) is 10.9. The van der Waals surface area contributed by atoms with E-state index >= 15 is 0 Å². The van der Waals surface area contributed by atoms with Gasteiger partial charge in [0.1, 0.15) is 18.5 Å². The SMILES string of the molecule is CC(C)(Cc1c[nH]c2cccc(C(N)=O)c12)NC[C@H](O)COc1ccccc1-c1cccs1. The topological polar surface area (TPSA) is 100 Å². The number of primary amides is 1. The number of rotatable bonds is 10. The summed E-state index contributed by atoms with van der Waals surface area (Å²) >= 11 is 1.66. The highest BCUT2D eigenvalue weighted by atomic mass is 32.1. The van der Waals surface area contributed by atoms with Crippen LogP contribution in [0.25, 0.3) is 21.3 Å². The van der Waals surface area contributed by atoms with Crippen LogP contribution >= 0.6 is 11.3 Å². The fourth-order valence-electron chi connectivity index (χ4n) is 4.01. The second kappa shape index (κ2) is 9.79. The molecule has 0 unspecified atom stereocenters. The van der Waals surface area contributed by atoms with E-state index in [1.807, 2.05) is 54.0 Å². The third-order valence-corrected chi connectivity index (χ3v) is 6.51. The van der Waals surface area contributed by atoms with Crippen LogP contribution in [0.4, 0.5) is 0 Å². The van der Waals surface area contributed by atoms with Gasteiger partial charge in [-0.3, -0.25) is 4.79 Å². The van der Waals surface area contributed by atoms with Crippen LogP contribution in [0.15, 0.2) is 66.2 Å². The third-order valence-electron chi connectivity index (χ3n) is 5.61. The summed E-state index contributed by atoms with van der Waals surface area (Å²) in [5, 5.41) is 16.9. The van der Waals surface area contributed by atoms with Crippen LogP contribution in [-0.2, 0) is 6.42 Å². The van der Waals surface area contributed by atoms with Crippen LogP contribution in [0, 0.1) is 0 Å². The average Bonchev–Trinajstić information content (AvgIpc) is 3.47. The Bertz CT molecular complexity index is 1230. The number of carbonyl (C=O) groups excluding carboxylic acids is 1. The molecule has 6 nitrogen and oxygen atoms in total. The van der Waals surface area contributed by atoms with Crippen LogP contribution in [0.3, 0.4) is 0 Å². The fraction of sp³-hybridized carbons (Fsp3) is 0.269. The van der Waals surface area contributed by atoms with Gasteiger partial charge in [-0.2, -0.15) is 0 Å². The molecule has 0 aliphatic heterocycles. The lowest BCUT2D eigenvalue weighted by Gasteiger charge is -2.28. The van der Waals surface area contributed by atoms with E-state index in [1.54, 1.807) is 17.4 Å². The zero-order chi connectivity index (χ0) is 23.4. The Labute approximate surface area is 197 Å². The van der Waals surface area contributed by atoms with Crippen molar-refractivity contribution in [3.05, 3.63) is 77.3 Å². The summed E-state index contributed by atoms with van der Waals surface area (Å²) in [4.78, 5) is 16.2. The minimum atomic E-state index is -0.676. The molecule has 0 radical (unpaired) electrons. The first-order chi connectivity index (χ1) is 15.8. The maximum absolute atomic E-state index is 11.9. The minimum Gasteiger partial charge on any atom is -0.490 e. The molecule has 1 amide bonds. The van der Waals surface area contributed by atoms with E-state index in [9.17, 15) is 9.90 Å². The summed E-state index contributed by atoms with van der Waals surface area (Å²) in [6.45, 7) is 4.69. The van der Waals surface area contributed by atoms with Gasteiger partial charge in [0.15, 0.2) is 0 Å². The lowest BCUT2D eigenvalue weighted by molar-refractivity contribution is 0.0991. The van der Waals surface area contributed by atoms with E-state index in [0.717, 1.165) is 32.7 Å². The van der Waals surface area contributed by atoms with E-state index in [4.69, 9.17) is 10.5 Å². The summed E-state index contributed by atoms with van der Waals surface area (Å²) < 4.78 is 5.95. The van der Waals surface area contributed by atoms with Crippen molar-refractivity contribution in [2.75, 3.05) is 13.2 Å². The number of nitrogens with two attached hydrogens (primary N) is 1. The van der Waals surface area contributed by atoms with Crippen molar-refractivity contribution in [3.8, 4) is 16.2 Å². The maximum Gasteiger partial charge on any atom is 0.249 e. The highest BCUT2D eigenvalue weighted by Gasteiger charge is 2.23. The van der Waals surface area contributed by atoms with Gasteiger partial charge in [0.05, 0.1) is 0 Å². The number of aliphatic hydroxyl groups excluding tert-OH is 1. The first-order valence-corrected chi connectivity index (χ1v) is 11.8. The molecule has 0 fully saturated rings. The second-order valence-electron chi connectivity index (χ2n) is 8.79. The van der Waals surface area contributed by atoms with Crippen molar-refractivity contribution in [2.24, 2.45) is 5.73 Å². The van der Waals surface area contributed by atoms with Crippen LogP contribution < -0.4 is 15.8 Å². The van der Waals surface area contributed by atoms with Gasteiger partial charge >= 0.3 is 0 Å². The van der Waals surface area contributed by atoms with E-state index in [1.165, 1.54) is 0 Å². The van der Waals surface area contributed by atoms with Crippen LogP contribution in [-0.4, -0.2) is 40.8 Å². The smallest absolute Gasteiger partial charge is 0.249 e. The van der Waals surface area contributed by atoms with E-state index < -0.39 is 12.0 Å². The van der Waals surface area contributed by atoms with Gasteiger partial charge in [0.2, 0.25) is 5.91 Å². The number of nitrogens with one attached hydrogen (secondary N) is 2. The molecule has 33 heavy (non-hydrogen) atoms. The number of para-hydroxylation sites is 1. The molecule has 2 aromatic carbocycles. The van der Waals surface area contributed by atoms with Crippen molar-refractivity contribution in [3.63, 3.8) is 0 Å². The average molecular weight is 464 g/mol. The minimum absolute atomic E-state index is 0.185. The van der Waals surface area contributed by atoms with E-state index in [-0.39, 0.29) is 12.1 Å². The molecule has 2 heterocycles. The fourth-order valence-corrected chi connectivity index (χ4v) is 4.76. The first kappa shape index (κ1) is 23.0.